The third kappa shape index (κ3) is 4.65. The Morgan fingerprint density at radius 1 is 1.24 bits per heavy atom. The zero-order chi connectivity index (χ0) is 15.2. The van der Waals surface area contributed by atoms with E-state index in [2.05, 4.69) is 5.32 Å². The summed E-state index contributed by atoms with van der Waals surface area (Å²) in [5.41, 5.74) is 6.84. The van der Waals surface area contributed by atoms with Gasteiger partial charge in [0.25, 0.3) is 0 Å². The van der Waals surface area contributed by atoms with Crippen LogP contribution >= 0.6 is 11.6 Å². The number of ether oxygens (including phenoxy) is 1. The maximum atomic E-state index is 12.9. The van der Waals surface area contributed by atoms with E-state index in [1.165, 1.54) is 12.1 Å². The Kier molecular flexibility index (Phi) is 5.00. The minimum Gasteiger partial charge on any atom is -0.491 e. The molecule has 110 valence electrons. The van der Waals surface area contributed by atoms with Crippen LogP contribution in [0.3, 0.4) is 0 Å². The molecule has 3 N–H and O–H groups in total. The van der Waals surface area contributed by atoms with Crippen LogP contribution in [0.1, 0.15) is 6.42 Å². The first-order chi connectivity index (χ1) is 10.0. The molecular formula is C15H14ClFN2O2. The Balaban J connectivity index is 1.80. The molecule has 1 amide bonds. The summed E-state index contributed by atoms with van der Waals surface area (Å²) in [5.74, 6) is -0.287. The zero-order valence-electron chi connectivity index (χ0n) is 11.1. The van der Waals surface area contributed by atoms with E-state index < -0.39 is 5.82 Å². The Bertz CT molecular complexity index is 632. The number of hydrogen-bond donors (Lipinski definition) is 2. The van der Waals surface area contributed by atoms with Crippen molar-refractivity contribution < 1.29 is 13.9 Å². The molecule has 6 heteroatoms. The van der Waals surface area contributed by atoms with Crippen LogP contribution in [0.4, 0.5) is 15.8 Å². The molecule has 0 spiro atoms. The normalized spacial score (nSPS) is 10.2. The van der Waals surface area contributed by atoms with Crippen molar-refractivity contribution in [3.8, 4) is 5.75 Å². The lowest BCUT2D eigenvalue weighted by atomic mass is 10.3. The van der Waals surface area contributed by atoms with Gasteiger partial charge in [-0.2, -0.15) is 0 Å². The monoisotopic (exact) mass is 308 g/mol. The molecule has 0 saturated heterocycles. The number of carbonyl (C=O) groups is 1. The molecule has 0 aromatic heterocycles. The van der Waals surface area contributed by atoms with E-state index in [1.54, 1.807) is 24.3 Å². The van der Waals surface area contributed by atoms with E-state index >= 15 is 0 Å². The Hall–Kier alpha value is -2.27. The van der Waals surface area contributed by atoms with E-state index in [4.69, 9.17) is 22.1 Å². The topological polar surface area (TPSA) is 64.3 Å². The number of nitrogens with two attached hydrogens (primary N) is 1. The number of rotatable bonds is 5. The molecule has 0 heterocycles. The third-order valence-corrected chi connectivity index (χ3v) is 2.97. The molecule has 0 fully saturated rings. The summed E-state index contributed by atoms with van der Waals surface area (Å²) in [6.45, 7) is 0.145. The predicted octanol–water partition coefficient (Wildman–Crippen LogP) is 3.47. The summed E-state index contributed by atoms with van der Waals surface area (Å²) >= 11 is 5.81. The molecule has 2 rings (SSSR count). The summed E-state index contributed by atoms with van der Waals surface area (Å²) in [7, 11) is 0. The lowest BCUT2D eigenvalue weighted by molar-refractivity contribution is -0.116. The highest BCUT2D eigenvalue weighted by Crippen LogP contribution is 2.24. The smallest absolute Gasteiger partial charge is 0.227 e. The number of halogens is 2. The fraction of sp³-hybridized carbons (Fsp3) is 0.133. The number of benzene rings is 2. The minimum absolute atomic E-state index is 0.145. The molecule has 0 atom stereocenters. The Morgan fingerprint density at radius 2 is 1.95 bits per heavy atom. The van der Waals surface area contributed by atoms with Crippen LogP contribution in [0, 0.1) is 5.82 Å². The summed E-state index contributed by atoms with van der Waals surface area (Å²) < 4.78 is 18.2. The first kappa shape index (κ1) is 15.1. The summed E-state index contributed by atoms with van der Waals surface area (Å²) in [6, 6.07) is 10.7. The quantitative estimate of drug-likeness (QED) is 0.831. The highest BCUT2D eigenvalue weighted by molar-refractivity contribution is 6.32. The van der Waals surface area contributed by atoms with Crippen LogP contribution in [0.2, 0.25) is 5.02 Å². The average molecular weight is 309 g/mol. The van der Waals surface area contributed by atoms with Crippen molar-refractivity contribution in [1.29, 1.82) is 0 Å². The second kappa shape index (κ2) is 6.95. The Labute approximate surface area is 126 Å². The molecule has 2 aromatic carbocycles. The van der Waals surface area contributed by atoms with Crippen LogP contribution < -0.4 is 15.8 Å². The van der Waals surface area contributed by atoms with Gasteiger partial charge in [-0.15, -0.1) is 0 Å². The Morgan fingerprint density at radius 3 is 2.62 bits per heavy atom. The maximum absolute atomic E-state index is 12.9. The maximum Gasteiger partial charge on any atom is 0.227 e. The van der Waals surface area contributed by atoms with Crippen LogP contribution in [-0.4, -0.2) is 12.5 Å². The molecule has 0 bridgehead atoms. The van der Waals surface area contributed by atoms with Gasteiger partial charge in [-0.05, 0) is 42.5 Å². The van der Waals surface area contributed by atoms with E-state index in [0.29, 0.717) is 17.1 Å². The average Bonchev–Trinajstić information content (AvgIpc) is 2.44. The fourth-order valence-corrected chi connectivity index (χ4v) is 1.86. The van der Waals surface area contributed by atoms with Crippen molar-refractivity contribution in [2.45, 2.75) is 6.42 Å². The van der Waals surface area contributed by atoms with Gasteiger partial charge in [-0.3, -0.25) is 4.79 Å². The molecule has 0 saturated carbocycles. The number of carbonyl (C=O) groups excluding carboxylic acids is 1. The van der Waals surface area contributed by atoms with Crippen molar-refractivity contribution >= 4 is 28.9 Å². The van der Waals surface area contributed by atoms with Gasteiger partial charge in [0.1, 0.15) is 11.6 Å². The van der Waals surface area contributed by atoms with Crippen molar-refractivity contribution in [3.05, 3.63) is 53.3 Å². The SMILES string of the molecule is Nc1ccc(NC(=O)CCOc2ccc(F)cc2Cl)cc1. The standard InChI is InChI=1S/C15H14ClFN2O2/c16-13-9-10(17)1-6-14(13)21-8-7-15(20)19-12-4-2-11(18)3-5-12/h1-6,9H,7-8,18H2,(H,19,20). The van der Waals surface area contributed by atoms with Gasteiger partial charge in [0, 0.05) is 11.4 Å². The molecule has 0 unspecified atom stereocenters. The van der Waals surface area contributed by atoms with Gasteiger partial charge in [-0.25, -0.2) is 4.39 Å². The number of nitrogen functional groups attached to an aromatic ring is 1. The van der Waals surface area contributed by atoms with Crippen LogP contribution in [0.15, 0.2) is 42.5 Å². The van der Waals surface area contributed by atoms with Gasteiger partial charge in [0.05, 0.1) is 18.1 Å². The molecule has 0 aliphatic rings. The van der Waals surface area contributed by atoms with Gasteiger partial charge in [0.15, 0.2) is 0 Å². The molecule has 0 aliphatic heterocycles. The third-order valence-electron chi connectivity index (χ3n) is 2.68. The minimum atomic E-state index is -0.437. The van der Waals surface area contributed by atoms with E-state index in [1.807, 2.05) is 0 Å². The summed E-state index contributed by atoms with van der Waals surface area (Å²) in [4.78, 5) is 11.7. The number of amides is 1. The van der Waals surface area contributed by atoms with Crippen LogP contribution in [0.25, 0.3) is 0 Å². The lowest BCUT2D eigenvalue weighted by Crippen LogP contribution is -2.15. The first-order valence-electron chi connectivity index (χ1n) is 6.28. The van der Waals surface area contributed by atoms with E-state index in [9.17, 15) is 9.18 Å². The molecule has 0 aliphatic carbocycles. The summed E-state index contributed by atoms with van der Waals surface area (Å²) in [5, 5.41) is 2.89. The predicted molar refractivity (Wildman–Crippen MR) is 81.0 cm³/mol. The number of hydrogen-bond acceptors (Lipinski definition) is 3. The molecule has 2 aromatic rings. The van der Waals surface area contributed by atoms with Gasteiger partial charge >= 0.3 is 0 Å². The van der Waals surface area contributed by atoms with E-state index in [0.717, 1.165) is 6.07 Å². The second-order valence-corrected chi connectivity index (χ2v) is 4.75. The van der Waals surface area contributed by atoms with Gasteiger partial charge in [0.2, 0.25) is 5.91 Å². The first-order valence-corrected chi connectivity index (χ1v) is 6.65. The van der Waals surface area contributed by atoms with Crippen molar-refractivity contribution in [1.82, 2.24) is 0 Å². The lowest BCUT2D eigenvalue weighted by Gasteiger charge is -2.08. The molecule has 4 nitrogen and oxygen atoms in total. The van der Waals surface area contributed by atoms with Gasteiger partial charge in [-0.1, -0.05) is 11.6 Å². The van der Waals surface area contributed by atoms with Crippen molar-refractivity contribution in [3.63, 3.8) is 0 Å². The number of anilines is 2. The highest BCUT2D eigenvalue weighted by atomic mass is 35.5. The second-order valence-electron chi connectivity index (χ2n) is 4.34. The highest BCUT2D eigenvalue weighted by Gasteiger charge is 2.06. The largest absolute Gasteiger partial charge is 0.491 e. The van der Waals surface area contributed by atoms with Crippen LogP contribution in [0.5, 0.6) is 5.75 Å². The fourth-order valence-electron chi connectivity index (χ4n) is 1.64. The van der Waals surface area contributed by atoms with Crippen LogP contribution in [-0.2, 0) is 4.79 Å². The van der Waals surface area contributed by atoms with E-state index in [-0.39, 0.29) is 24.0 Å². The zero-order valence-corrected chi connectivity index (χ0v) is 11.9. The molecule has 0 radical (unpaired) electrons. The summed E-state index contributed by atoms with van der Waals surface area (Å²) in [6.07, 6.45) is 0.151. The van der Waals surface area contributed by atoms with Crippen molar-refractivity contribution in [2.75, 3.05) is 17.7 Å². The number of nitrogens with one attached hydrogen (secondary N) is 1. The molecular weight excluding hydrogens is 295 g/mol. The molecule has 21 heavy (non-hydrogen) atoms. The van der Waals surface area contributed by atoms with Crippen molar-refractivity contribution in [2.24, 2.45) is 0 Å². The van der Waals surface area contributed by atoms with Gasteiger partial charge < -0.3 is 15.8 Å².